The highest BCUT2D eigenvalue weighted by Crippen LogP contribution is 1.51. The molecule has 0 aromatic heterocycles. The van der Waals surface area contributed by atoms with Crippen LogP contribution in [0.5, 0.6) is 0 Å². The largest absolute Gasteiger partial charge is 0.448 e. The summed E-state index contributed by atoms with van der Waals surface area (Å²) in [5, 5.41) is 23.8. The molecule has 8 heteroatoms. The van der Waals surface area contributed by atoms with E-state index in [9.17, 15) is 0 Å². The van der Waals surface area contributed by atoms with Crippen LogP contribution in [-0.4, -0.2) is 64.0 Å². The van der Waals surface area contributed by atoms with Gasteiger partial charge in [-0.2, -0.15) is 10.2 Å². The van der Waals surface area contributed by atoms with E-state index >= 15 is 0 Å². The minimum absolute atomic E-state index is 0. The van der Waals surface area contributed by atoms with E-state index in [4.69, 9.17) is 15.8 Å². The van der Waals surface area contributed by atoms with Gasteiger partial charge >= 0.3 is 7.12 Å². The quantitative estimate of drug-likeness (QED) is 0.336. The second-order valence-electron chi connectivity index (χ2n) is 2.56. The van der Waals surface area contributed by atoms with Gasteiger partial charge in [0, 0.05) is 28.2 Å². The normalized spacial score (nSPS) is 6.23. The lowest BCUT2D eigenvalue weighted by molar-refractivity contribution is 0.323. The number of nitrogens with two attached hydrogens (primary N) is 1. The topological polar surface area (TPSA) is 106 Å². The molecule has 0 saturated heterocycles. The van der Waals surface area contributed by atoms with Crippen LogP contribution in [0.2, 0.25) is 6.82 Å². The van der Waals surface area contributed by atoms with E-state index in [0.29, 0.717) is 0 Å². The van der Waals surface area contributed by atoms with E-state index < -0.39 is 7.12 Å². The van der Waals surface area contributed by atoms with E-state index in [2.05, 4.69) is 15.7 Å². The predicted molar refractivity (Wildman–Crippen MR) is 109 cm³/mol. The van der Waals surface area contributed by atoms with Crippen LogP contribution in [-0.2, 0) is 0 Å². The highest BCUT2D eigenvalue weighted by Gasteiger charge is 1.86. The van der Waals surface area contributed by atoms with Gasteiger partial charge in [0.1, 0.15) is 0 Å². The van der Waals surface area contributed by atoms with Gasteiger partial charge in [-0.05, 0) is 20.4 Å². The first kappa shape index (κ1) is 57.9. The second-order valence-corrected chi connectivity index (χ2v) is 2.56. The Labute approximate surface area is 143 Å². The van der Waals surface area contributed by atoms with Gasteiger partial charge < -0.3 is 15.8 Å². The maximum Gasteiger partial charge on any atom is 0.448 e. The van der Waals surface area contributed by atoms with Crippen LogP contribution < -0.4 is 11.2 Å². The van der Waals surface area contributed by atoms with E-state index in [0.717, 1.165) is 6.54 Å². The molecule has 0 aliphatic rings. The van der Waals surface area contributed by atoms with Gasteiger partial charge in [-0.25, -0.2) is 0 Å². The Bertz CT molecular complexity index is 113. The van der Waals surface area contributed by atoms with Crippen LogP contribution in [0.15, 0.2) is 10.2 Å². The molecule has 0 spiro atoms. The molecular weight excluding hydrogens is 281 g/mol. The summed E-state index contributed by atoms with van der Waals surface area (Å²) in [6.07, 6.45) is 0. The zero-order chi connectivity index (χ0) is 16.0. The molecule has 146 valence electrons. The summed E-state index contributed by atoms with van der Waals surface area (Å²) in [4.78, 5) is 0. The molecule has 0 heterocycles. The number of nitrogens with one attached hydrogen (secondary N) is 1. The van der Waals surface area contributed by atoms with Gasteiger partial charge in [0.05, 0.1) is 0 Å². The number of hydrogen-bond donors (Lipinski definition) is 4. The van der Waals surface area contributed by atoms with Crippen molar-refractivity contribution in [1.82, 2.24) is 10.4 Å². The summed E-state index contributed by atoms with van der Waals surface area (Å²) in [5.41, 5.74) is 7.71. The minimum atomic E-state index is -1.17. The Balaban J connectivity index is -0.0000000134. The van der Waals surface area contributed by atoms with Gasteiger partial charge in [-0.1, -0.05) is 50.5 Å². The number of rotatable bonds is 1. The molecule has 0 amide bonds. The Morgan fingerprint density at radius 1 is 1.00 bits per heavy atom. The minimum Gasteiger partial charge on any atom is -0.427 e. The van der Waals surface area contributed by atoms with E-state index in [1.165, 1.54) is 6.82 Å². The average molecular weight is 331 g/mol. The highest BCUT2D eigenvalue weighted by atomic mass is 16.4. The molecule has 0 saturated carbocycles. The smallest absolute Gasteiger partial charge is 0.427 e. The third kappa shape index (κ3) is 1090. The lowest BCUT2D eigenvalue weighted by atomic mass is 9.99. The van der Waals surface area contributed by atoms with Crippen molar-refractivity contribution in [1.29, 1.82) is 0 Å². The van der Waals surface area contributed by atoms with Gasteiger partial charge in [0.15, 0.2) is 0 Å². The molecule has 0 aliphatic carbocycles. The summed E-state index contributed by atoms with van der Waals surface area (Å²) in [6, 6.07) is 0. The van der Waals surface area contributed by atoms with Crippen molar-refractivity contribution in [3.8, 4) is 0 Å². The van der Waals surface area contributed by atoms with Gasteiger partial charge in [0.2, 0.25) is 0 Å². The monoisotopic (exact) mass is 331 g/mol. The first-order chi connectivity index (χ1) is 8.33. The molecule has 0 unspecified atom stereocenters. The third-order valence-electron chi connectivity index (χ3n) is 0.647. The van der Waals surface area contributed by atoms with Crippen molar-refractivity contribution in [3.63, 3.8) is 0 Å². The fourth-order valence-corrected chi connectivity index (χ4v) is 0. The summed E-state index contributed by atoms with van der Waals surface area (Å²) >= 11 is 0. The van der Waals surface area contributed by atoms with Crippen LogP contribution in [0.1, 0.15) is 50.5 Å². The predicted octanol–water partition coefficient (Wildman–Crippen LogP) is 3.01. The molecule has 0 radical (unpaired) electrons. The maximum atomic E-state index is 7.61. The molecular formula is C14H50BN5O2. The van der Waals surface area contributed by atoms with Crippen molar-refractivity contribution < 1.29 is 10.0 Å². The van der Waals surface area contributed by atoms with E-state index in [1.54, 1.807) is 14.1 Å². The van der Waals surface area contributed by atoms with Gasteiger partial charge in [-0.3, -0.25) is 10.4 Å². The summed E-state index contributed by atoms with van der Waals surface area (Å²) in [5.74, 6) is 0. The molecule has 0 aromatic carbocycles. The zero-order valence-electron chi connectivity index (χ0n) is 13.6. The second kappa shape index (κ2) is 86.6. The number of hydrazine groups is 1. The first-order valence-electron chi connectivity index (χ1n) is 5.92. The standard InChI is InChI=1S/C3H10N2.C2H6N2.C2H7N.C2H6.CH5BO2.4CH4/c1-4-5(2)3;1-3-4-2;1-2-3;1-2;1-2(3)4;;;;/h4H,1-3H3;1-2H3;2-3H2,1H3;1-2H3;3-4H,1H3;4*1H4. The van der Waals surface area contributed by atoms with Crippen molar-refractivity contribution in [2.75, 3.05) is 41.8 Å². The van der Waals surface area contributed by atoms with Crippen LogP contribution in [0.4, 0.5) is 0 Å². The summed E-state index contributed by atoms with van der Waals surface area (Å²) in [7, 11) is 7.88. The summed E-state index contributed by atoms with van der Waals surface area (Å²) in [6.45, 7) is 7.93. The molecule has 0 atom stereocenters. The molecule has 22 heavy (non-hydrogen) atoms. The Kier molecular flexibility index (Phi) is 228. The fraction of sp³-hybridized carbons (Fsp3) is 1.00. The van der Waals surface area contributed by atoms with Crippen LogP contribution in [0.25, 0.3) is 0 Å². The number of nitrogens with zero attached hydrogens (tertiary/aromatic N) is 3. The number of azo groups is 1. The lowest BCUT2D eigenvalue weighted by Crippen LogP contribution is -2.25. The van der Waals surface area contributed by atoms with Crippen molar-refractivity contribution in [2.45, 2.75) is 57.3 Å². The maximum absolute atomic E-state index is 7.61. The third-order valence-corrected chi connectivity index (χ3v) is 0.647. The molecule has 7 nitrogen and oxygen atoms in total. The molecule has 5 N–H and O–H groups in total. The molecule has 0 aromatic rings. The Morgan fingerprint density at radius 3 is 1.09 bits per heavy atom. The lowest BCUT2D eigenvalue weighted by Gasteiger charge is -2.02. The average Bonchev–Trinajstić information content (AvgIpc) is 2.32. The van der Waals surface area contributed by atoms with Gasteiger partial charge in [-0.15, -0.1) is 0 Å². The van der Waals surface area contributed by atoms with Crippen molar-refractivity contribution in [2.24, 2.45) is 16.0 Å². The number of hydrogen-bond acceptors (Lipinski definition) is 7. The fourth-order valence-electron chi connectivity index (χ4n) is 0. The molecule has 0 aliphatic heterocycles. The van der Waals surface area contributed by atoms with Crippen LogP contribution in [0.3, 0.4) is 0 Å². The summed E-state index contributed by atoms with van der Waals surface area (Å²) < 4.78 is 0. The molecule has 0 rings (SSSR count). The van der Waals surface area contributed by atoms with Crippen molar-refractivity contribution >= 4 is 7.12 Å². The van der Waals surface area contributed by atoms with E-state index in [-0.39, 0.29) is 29.7 Å². The molecule has 0 fully saturated rings. The van der Waals surface area contributed by atoms with Gasteiger partial charge in [0.25, 0.3) is 0 Å². The SMILES string of the molecule is C.C.C.C.CB(O)O.CC.CCN.CN=NC.CNN(C)C. The van der Waals surface area contributed by atoms with Crippen LogP contribution in [0, 0.1) is 0 Å². The highest BCUT2D eigenvalue weighted by molar-refractivity contribution is 6.38. The van der Waals surface area contributed by atoms with Crippen molar-refractivity contribution in [3.05, 3.63) is 0 Å². The Morgan fingerprint density at radius 2 is 1.09 bits per heavy atom. The molecule has 0 bridgehead atoms. The first-order valence-corrected chi connectivity index (χ1v) is 5.92. The van der Waals surface area contributed by atoms with E-state index in [1.807, 2.05) is 46.9 Å². The zero-order valence-corrected chi connectivity index (χ0v) is 13.6. The van der Waals surface area contributed by atoms with Crippen LogP contribution >= 0.6 is 0 Å². The Hall–Kier alpha value is -0.535.